The molecule has 3 heteroatoms. The van der Waals surface area contributed by atoms with Gasteiger partial charge in [0.2, 0.25) is 0 Å². The molecule has 86 valence electrons. The molecule has 1 fully saturated rings. The molecular formula is C13H17NO2. The van der Waals surface area contributed by atoms with Crippen LogP contribution in [0.15, 0.2) is 30.3 Å². The minimum atomic E-state index is -0.772. The summed E-state index contributed by atoms with van der Waals surface area (Å²) in [7, 11) is 0. The second-order valence-corrected chi connectivity index (χ2v) is 4.51. The molecule has 0 amide bonds. The van der Waals surface area contributed by atoms with Crippen LogP contribution in [0, 0.1) is 0 Å². The lowest BCUT2D eigenvalue weighted by molar-refractivity contribution is -0.136. The van der Waals surface area contributed by atoms with Crippen molar-refractivity contribution in [3.63, 3.8) is 0 Å². The highest BCUT2D eigenvalue weighted by atomic mass is 16.4. The highest BCUT2D eigenvalue weighted by Gasteiger charge is 2.41. The number of carboxylic acid groups (broad SMARTS) is 1. The average molecular weight is 219 g/mol. The van der Waals surface area contributed by atoms with Crippen molar-refractivity contribution in [1.29, 1.82) is 0 Å². The zero-order valence-electron chi connectivity index (χ0n) is 9.28. The lowest BCUT2D eigenvalue weighted by atomic mass is 10.0. The van der Waals surface area contributed by atoms with E-state index in [1.807, 2.05) is 18.2 Å². The predicted molar refractivity (Wildman–Crippen MR) is 62.4 cm³/mol. The molecule has 1 saturated carbocycles. The molecule has 1 aromatic carbocycles. The van der Waals surface area contributed by atoms with Crippen molar-refractivity contribution in [3.05, 3.63) is 35.9 Å². The molecule has 0 radical (unpaired) electrons. The summed E-state index contributed by atoms with van der Waals surface area (Å²) in [5.41, 5.74) is 1.43. The first-order valence-electron chi connectivity index (χ1n) is 5.71. The molecule has 0 spiro atoms. The molecule has 2 N–H and O–H groups in total. The van der Waals surface area contributed by atoms with Gasteiger partial charge in [-0.1, -0.05) is 30.3 Å². The summed E-state index contributed by atoms with van der Waals surface area (Å²) < 4.78 is 0. The first kappa shape index (κ1) is 11.1. The van der Waals surface area contributed by atoms with E-state index in [1.165, 1.54) is 5.56 Å². The summed E-state index contributed by atoms with van der Waals surface area (Å²) in [6.45, 7) is 0.0782. The molecule has 0 aromatic heterocycles. The van der Waals surface area contributed by atoms with Gasteiger partial charge in [-0.3, -0.25) is 4.79 Å². The molecule has 1 aliphatic rings. The second kappa shape index (κ2) is 4.66. The Morgan fingerprint density at radius 2 is 2.00 bits per heavy atom. The predicted octanol–water partition coefficient (Wildman–Crippen LogP) is 1.83. The van der Waals surface area contributed by atoms with Crippen LogP contribution in [-0.2, 0) is 11.2 Å². The highest BCUT2D eigenvalue weighted by Crippen LogP contribution is 2.39. The molecule has 0 unspecified atom stereocenters. The first-order valence-corrected chi connectivity index (χ1v) is 5.71. The summed E-state index contributed by atoms with van der Waals surface area (Å²) in [6, 6.07) is 10.3. The van der Waals surface area contributed by atoms with Crippen LogP contribution in [-0.4, -0.2) is 23.2 Å². The molecule has 1 aliphatic carbocycles. The van der Waals surface area contributed by atoms with E-state index in [0.29, 0.717) is 0 Å². The molecule has 0 heterocycles. The van der Waals surface area contributed by atoms with Crippen molar-refractivity contribution < 1.29 is 9.90 Å². The van der Waals surface area contributed by atoms with Crippen LogP contribution in [0.2, 0.25) is 0 Å². The van der Waals surface area contributed by atoms with E-state index in [9.17, 15) is 4.79 Å². The standard InChI is InChI=1S/C13H17NO2/c15-12(16)10-14-13(8-9-13)7-6-11-4-2-1-3-5-11/h1-5,14H,6-10H2,(H,15,16). The third kappa shape index (κ3) is 3.07. The van der Waals surface area contributed by atoms with Crippen LogP contribution in [0.3, 0.4) is 0 Å². The number of hydrogen-bond donors (Lipinski definition) is 2. The van der Waals surface area contributed by atoms with Crippen LogP contribution in [0.5, 0.6) is 0 Å². The van der Waals surface area contributed by atoms with Gasteiger partial charge in [-0.25, -0.2) is 0 Å². The Hall–Kier alpha value is -1.35. The highest BCUT2D eigenvalue weighted by molar-refractivity contribution is 5.69. The van der Waals surface area contributed by atoms with E-state index in [-0.39, 0.29) is 12.1 Å². The van der Waals surface area contributed by atoms with Crippen molar-refractivity contribution in [1.82, 2.24) is 5.32 Å². The fourth-order valence-electron chi connectivity index (χ4n) is 1.96. The topological polar surface area (TPSA) is 49.3 Å². The van der Waals surface area contributed by atoms with E-state index in [4.69, 9.17) is 5.11 Å². The van der Waals surface area contributed by atoms with Gasteiger partial charge in [-0.05, 0) is 31.2 Å². The zero-order chi connectivity index (χ0) is 11.4. The van der Waals surface area contributed by atoms with Crippen LogP contribution < -0.4 is 5.32 Å². The number of nitrogens with one attached hydrogen (secondary N) is 1. The third-order valence-electron chi connectivity index (χ3n) is 3.20. The Labute approximate surface area is 95.5 Å². The van der Waals surface area contributed by atoms with Gasteiger partial charge in [0.15, 0.2) is 0 Å². The van der Waals surface area contributed by atoms with Crippen LogP contribution in [0.4, 0.5) is 0 Å². The van der Waals surface area contributed by atoms with Gasteiger partial charge in [0, 0.05) is 5.54 Å². The quantitative estimate of drug-likeness (QED) is 0.767. The number of rotatable bonds is 6. The molecule has 0 atom stereocenters. The SMILES string of the molecule is O=C(O)CNC1(CCc2ccccc2)CC1. The molecule has 0 aliphatic heterocycles. The van der Waals surface area contributed by atoms with Crippen LogP contribution >= 0.6 is 0 Å². The Morgan fingerprint density at radius 1 is 1.31 bits per heavy atom. The lowest BCUT2D eigenvalue weighted by Crippen LogP contribution is -2.35. The summed E-state index contributed by atoms with van der Waals surface area (Å²) in [5, 5.41) is 11.8. The Bertz CT molecular complexity index is 357. The van der Waals surface area contributed by atoms with Gasteiger partial charge in [0.25, 0.3) is 0 Å². The van der Waals surface area contributed by atoms with Gasteiger partial charge < -0.3 is 10.4 Å². The van der Waals surface area contributed by atoms with Crippen molar-refractivity contribution >= 4 is 5.97 Å². The maximum atomic E-state index is 10.5. The minimum Gasteiger partial charge on any atom is -0.480 e. The Balaban J connectivity index is 1.79. The minimum absolute atomic E-state index is 0.0782. The number of aryl methyl sites for hydroxylation is 1. The van der Waals surface area contributed by atoms with E-state index in [1.54, 1.807) is 0 Å². The summed E-state index contributed by atoms with van der Waals surface area (Å²) >= 11 is 0. The Kier molecular flexibility index (Phi) is 3.25. The third-order valence-corrected chi connectivity index (χ3v) is 3.20. The fraction of sp³-hybridized carbons (Fsp3) is 0.462. The molecule has 16 heavy (non-hydrogen) atoms. The van der Waals surface area contributed by atoms with Gasteiger partial charge in [0.05, 0.1) is 6.54 Å². The normalized spacial score (nSPS) is 17.0. The van der Waals surface area contributed by atoms with E-state index >= 15 is 0 Å². The molecule has 1 aromatic rings. The largest absolute Gasteiger partial charge is 0.480 e. The lowest BCUT2D eigenvalue weighted by Gasteiger charge is -2.15. The first-order chi connectivity index (χ1) is 7.70. The number of aliphatic carboxylic acids is 1. The maximum Gasteiger partial charge on any atom is 0.317 e. The Morgan fingerprint density at radius 3 is 2.56 bits per heavy atom. The number of carbonyl (C=O) groups is 1. The van der Waals surface area contributed by atoms with Crippen molar-refractivity contribution in [2.45, 2.75) is 31.2 Å². The average Bonchev–Trinajstić information content (AvgIpc) is 3.06. The molecule has 0 bridgehead atoms. The molecular weight excluding hydrogens is 202 g/mol. The maximum absolute atomic E-state index is 10.5. The van der Waals surface area contributed by atoms with E-state index in [0.717, 1.165) is 25.7 Å². The number of hydrogen-bond acceptors (Lipinski definition) is 2. The fourth-order valence-corrected chi connectivity index (χ4v) is 1.96. The van der Waals surface area contributed by atoms with E-state index < -0.39 is 5.97 Å². The molecule has 0 saturated heterocycles. The van der Waals surface area contributed by atoms with Gasteiger partial charge in [0.1, 0.15) is 0 Å². The van der Waals surface area contributed by atoms with Gasteiger partial charge >= 0.3 is 5.97 Å². The van der Waals surface area contributed by atoms with Crippen molar-refractivity contribution in [2.75, 3.05) is 6.54 Å². The number of benzene rings is 1. The monoisotopic (exact) mass is 219 g/mol. The summed E-state index contributed by atoms with van der Waals surface area (Å²) in [4.78, 5) is 10.5. The number of carboxylic acids is 1. The smallest absolute Gasteiger partial charge is 0.317 e. The van der Waals surface area contributed by atoms with Gasteiger partial charge in [-0.15, -0.1) is 0 Å². The second-order valence-electron chi connectivity index (χ2n) is 4.51. The molecule has 2 rings (SSSR count). The van der Waals surface area contributed by atoms with Crippen molar-refractivity contribution in [2.24, 2.45) is 0 Å². The molecule has 3 nitrogen and oxygen atoms in total. The zero-order valence-corrected chi connectivity index (χ0v) is 9.28. The van der Waals surface area contributed by atoms with E-state index in [2.05, 4.69) is 17.4 Å². The van der Waals surface area contributed by atoms with Crippen LogP contribution in [0.25, 0.3) is 0 Å². The van der Waals surface area contributed by atoms with Crippen LogP contribution in [0.1, 0.15) is 24.8 Å². The van der Waals surface area contributed by atoms with Crippen molar-refractivity contribution in [3.8, 4) is 0 Å². The summed E-state index contributed by atoms with van der Waals surface area (Å²) in [5.74, 6) is -0.772. The summed E-state index contributed by atoms with van der Waals surface area (Å²) in [6.07, 6.45) is 4.26. The van der Waals surface area contributed by atoms with Gasteiger partial charge in [-0.2, -0.15) is 0 Å².